The van der Waals surface area contributed by atoms with Crippen LogP contribution in [-0.4, -0.2) is 48.3 Å². The molecule has 201 valence electrons. The number of nitrogens with one attached hydrogen (secondary N) is 2. The average molecular weight is 507 g/mol. The fraction of sp³-hybridized carbons (Fsp3) is 0.484. The highest BCUT2D eigenvalue weighted by molar-refractivity contribution is 5.99. The topological polar surface area (TPSA) is 78.5 Å². The summed E-state index contributed by atoms with van der Waals surface area (Å²) in [5.74, 6) is -0.416. The van der Waals surface area contributed by atoms with Crippen molar-refractivity contribution in [1.82, 2.24) is 15.5 Å². The van der Waals surface area contributed by atoms with E-state index in [0.29, 0.717) is 49.5 Å². The summed E-state index contributed by atoms with van der Waals surface area (Å²) in [4.78, 5) is 40.8. The predicted octanol–water partition coefficient (Wildman–Crippen LogP) is 5.29. The number of nitrogens with zero attached hydrogens (tertiary/aromatic N) is 1. The van der Waals surface area contributed by atoms with Gasteiger partial charge in [-0.25, -0.2) is 0 Å². The zero-order valence-corrected chi connectivity index (χ0v) is 23.0. The van der Waals surface area contributed by atoms with Gasteiger partial charge in [-0.3, -0.25) is 14.4 Å². The first-order valence-corrected chi connectivity index (χ1v) is 13.6. The van der Waals surface area contributed by atoms with Crippen LogP contribution in [0.5, 0.6) is 0 Å². The molecule has 6 nitrogen and oxygen atoms in total. The Morgan fingerprint density at radius 2 is 1.57 bits per heavy atom. The van der Waals surface area contributed by atoms with Gasteiger partial charge in [0.1, 0.15) is 0 Å². The van der Waals surface area contributed by atoms with Gasteiger partial charge in [-0.2, -0.15) is 0 Å². The lowest BCUT2D eigenvalue weighted by Crippen LogP contribution is -2.41. The molecule has 1 radical (unpaired) electrons. The normalized spacial score (nSPS) is 12.6. The van der Waals surface area contributed by atoms with Crippen LogP contribution in [0, 0.1) is 18.8 Å². The maximum Gasteiger partial charge on any atom is 0.253 e. The number of hydrogen-bond donors (Lipinski definition) is 2. The van der Waals surface area contributed by atoms with Gasteiger partial charge >= 0.3 is 0 Å². The molecule has 1 unspecified atom stereocenters. The summed E-state index contributed by atoms with van der Waals surface area (Å²) < 4.78 is 0. The van der Waals surface area contributed by atoms with Gasteiger partial charge in [0.25, 0.3) is 11.8 Å². The van der Waals surface area contributed by atoms with Crippen LogP contribution in [0.15, 0.2) is 54.6 Å². The second-order valence-corrected chi connectivity index (χ2v) is 10.1. The summed E-state index contributed by atoms with van der Waals surface area (Å²) in [5.41, 5.74) is 2.01. The van der Waals surface area contributed by atoms with E-state index in [0.717, 1.165) is 24.8 Å². The lowest BCUT2D eigenvalue weighted by Gasteiger charge is -2.23. The van der Waals surface area contributed by atoms with Crippen LogP contribution in [0.4, 0.5) is 0 Å². The first kappa shape index (κ1) is 30.1. The van der Waals surface area contributed by atoms with E-state index >= 15 is 0 Å². The van der Waals surface area contributed by atoms with Crippen molar-refractivity contribution in [3.8, 4) is 0 Å². The Morgan fingerprint density at radius 3 is 2.19 bits per heavy atom. The van der Waals surface area contributed by atoms with Gasteiger partial charge in [0.15, 0.2) is 0 Å². The van der Waals surface area contributed by atoms with Crippen LogP contribution in [-0.2, 0) is 11.2 Å². The van der Waals surface area contributed by atoms with Gasteiger partial charge in [0.2, 0.25) is 5.91 Å². The van der Waals surface area contributed by atoms with Crippen molar-refractivity contribution in [2.24, 2.45) is 11.8 Å². The Labute approximate surface area is 223 Å². The molecule has 0 saturated heterocycles. The molecular formula is C31H44N3O3. The smallest absolute Gasteiger partial charge is 0.253 e. The monoisotopic (exact) mass is 506 g/mol. The van der Waals surface area contributed by atoms with E-state index in [9.17, 15) is 14.4 Å². The van der Waals surface area contributed by atoms with Gasteiger partial charge in [-0.1, -0.05) is 64.1 Å². The first-order valence-electron chi connectivity index (χ1n) is 13.6. The predicted molar refractivity (Wildman–Crippen MR) is 150 cm³/mol. The SMILES string of the molecule is [CH2]C(C[C@H](Cc1ccccc1)NC(=O)c1cccc(C(=O)N(CCC)CCC)c1)C(=O)NCCC(C)C. The minimum Gasteiger partial charge on any atom is -0.356 e. The van der Waals surface area contributed by atoms with Gasteiger partial charge in [-0.05, 0) is 68.7 Å². The van der Waals surface area contributed by atoms with Crippen LogP contribution < -0.4 is 10.6 Å². The van der Waals surface area contributed by atoms with Crippen LogP contribution in [0.2, 0.25) is 0 Å². The van der Waals surface area contributed by atoms with E-state index in [4.69, 9.17) is 0 Å². The number of carbonyl (C=O) groups is 3. The molecule has 0 saturated carbocycles. The second-order valence-electron chi connectivity index (χ2n) is 10.1. The average Bonchev–Trinajstić information content (AvgIpc) is 2.88. The number of benzene rings is 2. The molecule has 0 spiro atoms. The minimum atomic E-state index is -0.495. The van der Waals surface area contributed by atoms with Crippen molar-refractivity contribution >= 4 is 17.7 Å². The third kappa shape index (κ3) is 10.4. The van der Waals surface area contributed by atoms with Crippen LogP contribution in [0.3, 0.4) is 0 Å². The molecule has 2 rings (SSSR count). The zero-order chi connectivity index (χ0) is 27.2. The molecule has 6 heteroatoms. The maximum atomic E-state index is 13.3. The number of amides is 3. The highest BCUT2D eigenvalue weighted by Gasteiger charge is 2.22. The van der Waals surface area contributed by atoms with Crippen molar-refractivity contribution in [2.45, 2.75) is 65.8 Å². The third-order valence-electron chi connectivity index (χ3n) is 6.27. The van der Waals surface area contributed by atoms with Crippen molar-refractivity contribution in [1.29, 1.82) is 0 Å². The fourth-order valence-corrected chi connectivity index (χ4v) is 4.27. The zero-order valence-electron chi connectivity index (χ0n) is 23.0. The van der Waals surface area contributed by atoms with Crippen LogP contribution in [0.25, 0.3) is 0 Å². The van der Waals surface area contributed by atoms with Crippen LogP contribution >= 0.6 is 0 Å². The molecule has 2 N–H and O–H groups in total. The summed E-state index contributed by atoms with van der Waals surface area (Å²) in [5, 5.41) is 6.07. The number of hydrogen-bond acceptors (Lipinski definition) is 3. The van der Waals surface area contributed by atoms with E-state index in [1.165, 1.54) is 0 Å². The van der Waals surface area contributed by atoms with Crippen molar-refractivity contribution < 1.29 is 14.4 Å². The molecule has 0 aliphatic carbocycles. The summed E-state index contributed by atoms with van der Waals surface area (Å²) in [6.45, 7) is 14.4. The van der Waals surface area contributed by atoms with Crippen LogP contribution in [0.1, 0.15) is 79.7 Å². The van der Waals surface area contributed by atoms with Gasteiger partial charge in [-0.15, -0.1) is 0 Å². The lowest BCUT2D eigenvalue weighted by molar-refractivity contribution is -0.124. The molecule has 3 amide bonds. The fourth-order valence-electron chi connectivity index (χ4n) is 4.27. The molecule has 2 aromatic carbocycles. The van der Waals surface area contributed by atoms with E-state index < -0.39 is 5.92 Å². The van der Waals surface area contributed by atoms with E-state index in [1.54, 1.807) is 24.3 Å². The third-order valence-corrected chi connectivity index (χ3v) is 6.27. The molecule has 0 aromatic heterocycles. The quantitative estimate of drug-likeness (QED) is 0.344. The first-order chi connectivity index (χ1) is 17.7. The maximum absolute atomic E-state index is 13.3. The summed E-state index contributed by atoms with van der Waals surface area (Å²) in [6.07, 6.45) is 3.66. The molecule has 37 heavy (non-hydrogen) atoms. The molecule has 0 aliphatic rings. The summed E-state index contributed by atoms with van der Waals surface area (Å²) in [7, 11) is 0. The molecule has 0 fully saturated rings. The summed E-state index contributed by atoms with van der Waals surface area (Å²) in [6, 6.07) is 16.5. The number of rotatable bonds is 15. The Morgan fingerprint density at radius 1 is 0.919 bits per heavy atom. The molecule has 0 aliphatic heterocycles. The molecule has 2 aromatic rings. The Kier molecular flexibility index (Phi) is 12.9. The van der Waals surface area contributed by atoms with E-state index in [-0.39, 0.29) is 23.8 Å². The number of carbonyl (C=O) groups excluding carboxylic acids is 3. The van der Waals surface area contributed by atoms with E-state index in [2.05, 4.69) is 31.4 Å². The molecule has 0 bridgehead atoms. The summed E-state index contributed by atoms with van der Waals surface area (Å²) >= 11 is 0. The van der Waals surface area contributed by atoms with Crippen molar-refractivity contribution in [2.75, 3.05) is 19.6 Å². The Hall–Kier alpha value is -3.15. The molecular weight excluding hydrogens is 462 g/mol. The highest BCUT2D eigenvalue weighted by Crippen LogP contribution is 2.15. The van der Waals surface area contributed by atoms with E-state index in [1.807, 2.05) is 49.1 Å². The molecule has 2 atom stereocenters. The van der Waals surface area contributed by atoms with Gasteiger partial charge in [0, 0.05) is 42.7 Å². The van der Waals surface area contributed by atoms with Crippen molar-refractivity contribution in [3.05, 3.63) is 78.2 Å². The highest BCUT2D eigenvalue weighted by atomic mass is 16.2. The molecule has 0 heterocycles. The van der Waals surface area contributed by atoms with Gasteiger partial charge < -0.3 is 15.5 Å². The minimum absolute atomic E-state index is 0.0601. The lowest BCUT2D eigenvalue weighted by atomic mass is 9.95. The Balaban J connectivity index is 2.15. The standard InChI is InChI=1S/C31H44N3O3/c1-6-18-34(19-7-2)31(37)27-15-11-14-26(22-27)30(36)33-28(21-25-12-9-8-10-13-25)20-24(5)29(35)32-17-16-23(3)4/h8-15,22-24,28H,5-7,16-21H2,1-4H3,(H,32,35)(H,33,36)/t24?,28-/m1/s1. The largest absolute Gasteiger partial charge is 0.356 e. The van der Waals surface area contributed by atoms with Gasteiger partial charge in [0.05, 0.1) is 0 Å². The van der Waals surface area contributed by atoms with Crippen molar-refractivity contribution in [3.63, 3.8) is 0 Å². The second kappa shape index (κ2) is 15.9. The Bertz CT molecular complexity index is 984.